The quantitative estimate of drug-likeness (QED) is 0.913. The van der Waals surface area contributed by atoms with Crippen LogP contribution in [0.1, 0.15) is 42.5 Å². The van der Waals surface area contributed by atoms with E-state index in [2.05, 4.69) is 5.32 Å². The second-order valence-corrected chi connectivity index (χ2v) is 7.28. The van der Waals surface area contributed by atoms with Crippen LogP contribution in [0.15, 0.2) is 23.0 Å². The number of nitrogens with zero attached hydrogens (tertiary/aromatic N) is 1. The van der Waals surface area contributed by atoms with E-state index in [0.717, 1.165) is 32.3 Å². The van der Waals surface area contributed by atoms with E-state index in [0.29, 0.717) is 31.0 Å². The average molecular weight is 332 g/mol. The number of carbonyl (C=O) groups is 2. The third-order valence-electron chi connectivity index (χ3n) is 5.34. The smallest absolute Gasteiger partial charge is 0.257 e. The molecule has 1 aliphatic carbocycles. The molecule has 6 heteroatoms. The van der Waals surface area contributed by atoms with Crippen molar-refractivity contribution < 1.29 is 18.7 Å². The number of furan rings is 1. The fourth-order valence-corrected chi connectivity index (χ4v) is 3.92. The molecule has 130 valence electrons. The van der Waals surface area contributed by atoms with Crippen molar-refractivity contribution in [2.45, 2.75) is 44.2 Å². The highest BCUT2D eigenvalue weighted by atomic mass is 16.5. The fourth-order valence-electron chi connectivity index (χ4n) is 3.92. The lowest BCUT2D eigenvalue weighted by atomic mass is 9.85. The Kier molecular flexibility index (Phi) is 4.31. The summed E-state index contributed by atoms with van der Waals surface area (Å²) in [7, 11) is 0. The first kappa shape index (κ1) is 15.7. The molecular weight excluding hydrogens is 308 g/mol. The maximum Gasteiger partial charge on any atom is 0.257 e. The molecule has 1 aromatic heterocycles. The summed E-state index contributed by atoms with van der Waals surface area (Å²) in [5, 5.41) is 3.14. The lowest BCUT2D eigenvalue weighted by Gasteiger charge is -2.45. The van der Waals surface area contributed by atoms with Crippen LogP contribution in [-0.2, 0) is 9.53 Å². The van der Waals surface area contributed by atoms with Gasteiger partial charge in [0.25, 0.3) is 5.91 Å². The lowest BCUT2D eigenvalue weighted by Crippen LogP contribution is -2.62. The van der Waals surface area contributed by atoms with Gasteiger partial charge in [-0.1, -0.05) is 0 Å². The minimum atomic E-state index is -0.119. The van der Waals surface area contributed by atoms with Gasteiger partial charge in [0.1, 0.15) is 6.26 Å². The first-order chi connectivity index (χ1) is 11.7. The number of piperidine rings is 1. The molecule has 3 heterocycles. The maximum atomic E-state index is 12.7. The van der Waals surface area contributed by atoms with Crippen molar-refractivity contribution in [2.75, 3.05) is 19.7 Å². The molecule has 3 fully saturated rings. The molecule has 2 aliphatic heterocycles. The zero-order valence-corrected chi connectivity index (χ0v) is 13.8. The topological polar surface area (TPSA) is 71.8 Å². The van der Waals surface area contributed by atoms with Gasteiger partial charge in [0.15, 0.2) is 0 Å². The van der Waals surface area contributed by atoms with Crippen LogP contribution in [0, 0.1) is 11.8 Å². The Labute approximate surface area is 141 Å². The number of likely N-dealkylation sites (tertiary alicyclic amines) is 1. The highest BCUT2D eigenvalue weighted by molar-refractivity contribution is 5.94. The minimum Gasteiger partial charge on any atom is -0.472 e. The predicted molar refractivity (Wildman–Crippen MR) is 86.3 cm³/mol. The Bertz CT molecular complexity index is 596. The molecule has 6 nitrogen and oxygen atoms in total. The molecule has 0 aromatic carbocycles. The van der Waals surface area contributed by atoms with Crippen molar-refractivity contribution in [1.82, 2.24) is 10.2 Å². The standard InChI is InChI=1S/C18H24N2O4/c21-16(8-12-3-4-12)19-15-10-20(18(22)14-5-7-23-11-14)9-13-2-1-6-24-17(13)15/h5,7,11-13,15,17H,1-4,6,8-10H2,(H,19,21)/t13-,15+,17-/m0/s1. The molecule has 1 aromatic rings. The summed E-state index contributed by atoms with van der Waals surface area (Å²) in [6.07, 6.45) is 7.98. The van der Waals surface area contributed by atoms with E-state index in [1.165, 1.54) is 12.5 Å². The zero-order chi connectivity index (χ0) is 16.5. The summed E-state index contributed by atoms with van der Waals surface area (Å²) in [6.45, 7) is 1.93. The molecule has 1 saturated carbocycles. The van der Waals surface area contributed by atoms with Crippen LogP contribution in [0.4, 0.5) is 0 Å². The number of amides is 2. The average Bonchev–Trinajstić information content (AvgIpc) is 3.23. The molecule has 0 bridgehead atoms. The Morgan fingerprint density at radius 1 is 1.25 bits per heavy atom. The first-order valence-electron chi connectivity index (χ1n) is 8.93. The molecule has 4 rings (SSSR count). The SMILES string of the molecule is O=C(CC1CC1)N[C@@H]1CN(C(=O)c2ccoc2)C[C@@H]2CCCO[C@@H]21. The fraction of sp³-hybridized carbons (Fsp3) is 0.667. The number of fused-ring (bicyclic) bond motifs is 1. The van der Waals surface area contributed by atoms with Gasteiger partial charge in [0.05, 0.1) is 24.0 Å². The van der Waals surface area contributed by atoms with E-state index in [4.69, 9.17) is 9.15 Å². The van der Waals surface area contributed by atoms with Crippen molar-refractivity contribution >= 4 is 11.8 Å². The summed E-state index contributed by atoms with van der Waals surface area (Å²) in [5.41, 5.74) is 0.563. The summed E-state index contributed by atoms with van der Waals surface area (Å²) in [5.74, 6) is 0.900. The van der Waals surface area contributed by atoms with Gasteiger partial charge in [-0.05, 0) is 37.7 Å². The van der Waals surface area contributed by atoms with Crippen LogP contribution in [0.2, 0.25) is 0 Å². The van der Waals surface area contributed by atoms with Crippen LogP contribution < -0.4 is 5.32 Å². The zero-order valence-electron chi connectivity index (χ0n) is 13.8. The number of hydrogen-bond donors (Lipinski definition) is 1. The van der Waals surface area contributed by atoms with E-state index in [1.807, 2.05) is 4.90 Å². The highest BCUT2D eigenvalue weighted by Crippen LogP contribution is 2.33. The van der Waals surface area contributed by atoms with Crippen LogP contribution in [0.25, 0.3) is 0 Å². The summed E-state index contributed by atoms with van der Waals surface area (Å²) < 4.78 is 11.0. The Morgan fingerprint density at radius 3 is 2.88 bits per heavy atom. The molecule has 0 radical (unpaired) electrons. The van der Waals surface area contributed by atoms with Gasteiger partial charge in [-0.15, -0.1) is 0 Å². The normalized spacial score (nSPS) is 29.8. The number of rotatable bonds is 4. The van der Waals surface area contributed by atoms with Crippen molar-refractivity contribution in [3.8, 4) is 0 Å². The van der Waals surface area contributed by atoms with E-state index in [1.54, 1.807) is 6.07 Å². The van der Waals surface area contributed by atoms with Crippen molar-refractivity contribution in [1.29, 1.82) is 0 Å². The molecule has 2 saturated heterocycles. The van der Waals surface area contributed by atoms with Gasteiger partial charge in [-0.3, -0.25) is 9.59 Å². The van der Waals surface area contributed by atoms with Gasteiger partial charge < -0.3 is 19.4 Å². The van der Waals surface area contributed by atoms with Crippen molar-refractivity contribution in [3.63, 3.8) is 0 Å². The molecular formula is C18H24N2O4. The number of carbonyl (C=O) groups excluding carboxylic acids is 2. The third-order valence-corrected chi connectivity index (χ3v) is 5.34. The number of hydrogen-bond acceptors (Lipinski definition) is 4. The van der Waals surface area contributed by atoms with Gasteiger partial charge in [0.2, 0.25) is 5.91 Å². The Hall–Kier alpha value is -1.82. The second kappa shape index (κ2) is 6.59. The molecule has 3 aliphatic rings. The van der Waals surface area contributed by atoms with E-state index in [9.17, 15) is 9.59 Å². The minimum absolute atomic E-state index is 0.0234. The van der Waals surface area contributed by atoms with Crippen LogP contribution in [-0.4, -0.2) is 48.6 Å². The van der Waals surface area contributed by atoms with E-state index in [-0.39, 0.29) is 29.9 Å². The second-order valence-electron chi connectivity index (χ2n) is 7.28. The number of nitrogens with one attached hydrogen (secondary N) is 1. The summed E-state index contributed by atoms with van der Waals surface area (Å²) in [6, 6.07) is 1.57. The maximum absolute atomic E-state index is 12.7. The number of ether oxygens (including phenoxy) is 1. The van der Waals surface area contributed by atoms with Gasteiger partial charge >= 0.3 is 0 Å². The highest BCUT2D eigenvalue weighted by Gasteiger charge is 2.42. The molecule has 2 amide bonds. The lowest BCUT2D eigenvalue weighted by molar-refractivity contribution is -0.127. The van der Waals surface area contributed by atoms with Gasteiger partial charge in [0, 0.05) is 32.0 Å². The Balaban J connectivity index is 1.46. The van der Waals surface area contributed by atoms with Crippen LogP contribution in [0.3, 0.4) is 0 Å². The summed E-state index contributed by atoms with van der Waals surface area (Å²) >= 11 is 0. The summed E-state index contributed by atoms with van der Waals surface area (Å²) in [4.78, 5) is 26.8. The molecule has 0 spiro atoms. The van der Waals surface area contributed by atoms with Gasteiger partial charge in [-0.25, -0.2) is 0 Å². The van der Waals surface area contributed by atoms with Crippen LogP contribution in [0.5, 0.6) is 0 Å². The molecule has 3 atom stereocenters. The largest absolute Gasteiger partial charge is 0.472 e. The molecule has 1 N–H and O–H groups in total. The van der Waals surface area contributed by atoms with Crippen molar-refractivity contribution in [2.24, 2.45) is 11.8 Å². The third kappa shape index (κ3) is 3.34. The van der Waals surface area contributed by atoms with Crippen molar-refractivity contribution in [3.05, 3.63) is 24.2 Å². The molecule has 0 unspecified atom stereocenters. The molecule has 24 heavy (non-hydrogen) atoms. The monoisotopic (exact) mass is 332 g/mol. The van der Waals surface area contributed by atoms with Crippen LogP contribution >= 0.6 is 0 Å². The van der Waals surface area contributed by atoms with E-state index < -0.39 is 0 Å². The van der Waals surface area contributed by atoms with E-state index >= 15 is 0 Å². The Morgan fingerprint density at radius 2 is 2.12 bits per heavy atom. The van der Waals surface area contributed by atoms with Gasteiger partial charge in [-0.2, -0.15) is 0 Å². The first-order valence-corrected chi connectivity index (χ1v) is 8.93. The predicted octanol–water partition coefficient (Wildman–Crippen LogP) is 1.82.